The van der Waals surface area contributed by atoms with Crippen molar-refractivity contribution in [2.24, 2.45) is 5.73 Å². The van der Waals surface area contributed by atoms with Crippen molar-refractivity contribution in [2.45, 2.75) is 52.5 Å². The van der Waals surface area contributed by atoms with Gasteiger partial charge in [-0.3, -0.25) is 4.79 Å². The molecule has 0 radical (unpaired) electrons. The second-order valence-electron chi connectivity index (χ2n) is 10.1. The number of benzene rings is 3. The fraction of sp³-hybridized carbons (Fsp3) is 0.267. The molecule has 4 aromatic rings. The molecule has 4 rings (SSSR count). The topological polar surface area (TPSA) is 124 Å². The highest BCUT2D eigenvalue weighted by molar-refractivity contribution is 5.93. The van der Waals surface area contributed by atoms with Crippen LogP contribution in [0.3, 0.4) is 0 Å². The Kier molecular flexibility index (Phi) is 8.21. The molecule has 1 aromatic heterocycles. The number of alkyl carbamates (subject to hydrolysis) is 1. The third-order valence-corrected chi connectivity index (χ3v) is 5.91. The van der Waals surface area contributed by atoms with Gasteiger partial charge >= 0.3 is 12.1 Å². The quantitative estimate of drug-likeness (QED) is 0.243. The van der Waals surface area contributed by atoms with Gasteiger partial charge in [0.15, 0.2) is 0 Å². The number of amides is 1. The Bertz CT molecular complexity index is 1510. The molecule has 0 unspecified atom stereocenters. The van der Waals surface area contributed by atoms with E-state index in [1.165, 1.54) is 6.26 Å². The van der Waals surface area contributed by atoms with Gasteiger partial charge < -0.3 is 30.0 Å². The molecule has 0 spiro atoms. The van der Waals surface area contributed by atoms with E-state index in [0.717, 1.165) is 16.5 Å². The molecule has 0 aliphatic heterocycles. The molecule has 9 heteroatoms. The number of ether oxygens (including phenoxy) is 2. The van der Waals surface area contributed by atoms with Gasteiger partial charge in [0.25, 0.3) is 0 Å². The van der Waals surface area contributed by atoms with E-state index in [0.29, 0.717) is 28.0 Å². The number of carbonyl (C=O) groups is 2. The van der Waals surface area contributed by atoms with E-state index in [4.69, 9.17) is 19.6 Å². The van der Waals surface area contributed by atoms with Gasteiger partial charge in [0, 0.05) is 40.7 Å². The van der Waals surface area contributed by atoms with E-state index >= 15 is 4.39 Å². The molecule has 3 aromatic carbocycles. The van der Waals surface area contributed by atoms with Gasteiger partial charge in [0.05, 0.1) is 12.7 Å². The van der Waals surface area contributed by atoms with Gasteiger partial charge in [-0.15, -0.1) is 0 Å². The first-order valence-corrected chi connectivity index (χ1v) is 12.5. The zero-order chi connectivity index (χ0) is 28.2. The number of carbonyl (C=O) groups excluding carboxylic acids is 1. The molecule has 1 amide bonds. The van der Waals surface area contributed by atoms with E-state index in [9.17, 15) is 14.7 Å². The average Bonchev–Trinajstić information content (AvgIpc) is 3.34. The molecule has 0 bridgehead atoms. The minimum absolute atomic E-state index is 0.0531. The lowest BCUT2D eigenvalue weighted by atomic mass is 9.98. The molecule has 0 saturated heterocycles. The number of halogens is 1. The third kappa shape index (κ3) is 6.94. The molecule has 0 aliphatic rings. The fourth-order valence-corrected chi connectivity index (χ4v) is 4.16. The van der Waals surface area contributed by atoms with Crippen LogP contribution in [0.25, 0.3) is 22.1 Å². The number of fused-ring (bicyclic) bond motifs is 1. The van der Waals surface area contributed by atoms with Gasteiger partial charge in [-0.2, -0.15) is 0 Å². The molecular weight excluding hydrogens is 503 g/mol. The highest BCUT2D eigenvalue weighted by Gasteiger charge is 2.19. The fourth-order valence-electron chi connectivity index (χ4n) is 4.16. The normalized spacial score (nSPS) is 11.4. The molecule has 8 nitrogen and oxygen atoms in total. The van der Waals surface area contributed by atoms with Crippen LogP contribution in [-0.2, 0) is 35.6 Å². The lowest BCUT2D eigenvalue weighted by Gasteiger charge is -2.20. The molecule has 0 fully saturated rings. The summed E-state index contributed by atoms with van der Waals surface area (Å²) in [5.41, 5.74) is 8.78. The van der Waals surface area contributed by atoms with Crippen molar-refractivity contribution in [1.29, 1.82) is 0 Å². The largest absolute Gasteiger partial charge is 0.489 e. The van der Waals surface area contributed by atoms with Crippen molar-refractivity contribution in [1.82, 2.24) is 5.32 Å². The molecule has 0 aliphatic carbocycles. The van der Waals surface area contributed by atoms with Crippen LogP contribution in [-0.4, -0.2) is 22.8 Å². The Hall–Kier alpha value is -4.37. The summed E-state index contributed by atoms with van der Waals surface area (Å²) in [5.74, 6) is -1.04. The zero-order valence-electron chi connectivity index (χ0n) is 22.0. The van der Waals surface area contributed by atoms with Crippen molar-refractivity contribution in [3.05, 3.63) is 88.9 Å². The Morgan fingerprint density at radius 1 is 1.03 bits per heavy atom. The molecule has 39 heavy (non-hydrogen) atoms. The number of carboxylic acids is 1. The predicted octanol–water partition coefficient (Wildman–Crippen LogP) is 5.93. The van der Waals surface area contributed by atoms with Gasteiger partial charge in [-0.1, -0.05) is 30.3 Å². The lowest BCUT2D eigenvalue weighted by Crippen LogP contribution is -2.32. The number of aliphatic carboxylic acids is 1. The van der Waals surface area contributed by atoms with E-state index in [-0.39, 0.29) is 31.7 Å². The number of furan rings is 1. The SMILES string of the molecule is CC(C)(C)OC(=O)NCc1cccc(-c2cc(COc3cc(CN)ccc3CC(=O)O)cc3ccoc23)c1F. The Labute approximate surface area is 225 Å². The number of nitrogens with one attached hydrogen (secondary N) is 1. The number of hydrogen-bond donors (Lipinski definition) is 3. The molecule has 0 atom stereocenters. The molecule has 4 N–H and O–H groups in total. The summed E-state index contributed by atoms with van der Waals surface area (Å²) in [6.07, 6.45) is 0.697. The Morgan fingerprint density at radius 2 is 1.82 bits per heavy atom. The molecular formula is C30H31FN2O6. The standard InChI is InChI=1S/C30H31FN2O6/c1-30(2,3)39-29(36)33-16-22-5-4-6-23(27(22)31)24-12-19(11-21-9-10-37-28(21)24)17-38-25-13-18(15-32)7-8-20(25)14-26(34)35/h4-13H,14-17,32H2,1-3H3,(H,33,36)(H,34,35). The molecule has 0 saturated carbocycles. The first kappa shape index (κ1) is 27.7. The maximum Gasteiger partial charge on any atom is 0.407 e. The van der Waals surface area contributed by atoms with Crippen molar-refractivity contribution in [3.8, 4) is 16.9 Å². The van der Waals surface area contributed by atoms with Crippen molar-refractivity contribution < 1.29 is 33.0 Å². The summed E-state index contributed by atoms with van der Waals surface area (Å²) >= 11 is 0. The van der Waals surface area contributed by atoms with Crippen LogP contribution >= 0.6 is 0 Å². The van der Waals surface area contributed by atoms with Crippen molar-refractivity contribution >= 4 is 23.0 Å². The predicted molar refractivity (Wildman–Crippen MR) is 145 cm³/mol. The van der Waals surface area contributed by atoms with Crippen LogP contribution in [0.1, 0.15) is 43.0 Å². The first-order valence-electron chi connectivity index (χ1n) is 12.5. The maximum absolute atomic E-state index is 15.7. The number of nitrogens with two attached hydrogens (primary N) is 1. The second-order valence-corrected chi connectivity index (χ2v) is 10.1. The van der Waals surface area contributed by atoms with E-state index in [1.807, 2.05) is 6.07 Å². The highest BCUT2D eigenvalue weighted by atomic mass is 19.1. The van der Waals surface area contributed by atoms with Crippen LogP contribution in [0.4, 0.5) is 9.18 Å². The van der Waals surface area contributed by atoms with E-state index in [2.05, 4.69) is 5.32 Å². The minimum atomic E-state index is -0.973. The molecule has 204 valence electrons. The van der Waals surface area contributed by atoms with Crippen LogP contribution in [0, 0.1) is 5.82 Å². The summed E-state index contributed by atoms with van der Waals surface area (Å²) in [4.78, 5) is 23.4. The van der Waals surface area contributed by atoms with E-state index in [1.54, 1.807) is 69.3 Å². The average molecular weight is 535 g/mol. The summed E-state index contributed by atoms with van der Waals surface area (Å²) in [6, 6.07) is 15.6. The smallest absolute Gasteiger partial charge is 0.407 e. The number of hydrogen-bond acceptors (Lipinski definition) is 6. The number of rotatable bonds is 9. The van der Waals surface area contributed by atoms with Gasteiger partial charge in [-0.25, -0.2) is 9.18 Å². The van der Waals surface area contributed by atoms with Gasteiger partial charge in [0.1, 0.15) is 29.4 Å². The minimum Gasteiger partial charge on any atom is -0.489 e. The van der Waals surface area contributed by atoms with Gasteiger partial charge in [0.2, 0.25) is 0 Å². The zero-order valence-corrected chi connectivity index (χ0v) is 22.0. The van der Waals surface area contributed by atoms with Gasteiger partial charge in [-0.05, 0) is 56.2 Å². The van der Waals surface area contributed by atoms with Crippen molar-refractivity contribution in [3.63, 3.8) is 0 Å². The molecule has 1 heterocycles. The van der Waals surface area contributed by atoms with Crippen molar-refractivity contribution in [2.75, 3.05) is 0 Å². The Balaban J connectivity index is 1.62. The van der Waals surface area contributed by atoms with E-state index < -0.39 is 23.5 Å². The van der Waals surface area contributed by atoms with Crippen LogP contribution in [0.2, 0.25) is 0 Å². The lowest BCUT2D eigenvalue weighted by molar-refractivity contribution is -0.136. The summed E-state index contributed by atoms with van der Waals surface area (Å²) in [7, 11) is 0. The summed E-state index contributed by atoms with van der Waals surface area (Å²) in [5, 5.41) is 12.6. The Morgan fingerprint density at radius 3 is 2.54 bits per heavy atom. The summed E-state index contributed by atoms with van der Waals surface area (Å²) < 4.78 is 32.7. The summed E-state index contributed by atoms with van der Waals surface area (Å²) in [6.45, 7) is 5.59. The second kappa shape index (κ2) is 11.6. The van der Waals surface area contributed by atoms with Crippen LogP contribution < -0.4 is 15.8 Å². The number of carboxylic acid groups (broad SMARTS) is 1. The first-order chi connectivity index (χ1) is 18.5. The maximum atomic E-state index is 15.7. The monoisotopic (exact) mass is 534 g/mol. The van der Waals surface area contributed by atoms with Crippen LogP contribution in [0.5, 0.6) is 5.75 Å². The third-order valence-electron chi connectivity index (χ3n) is 5.91. The van der Waals surface area contributed by atoms with Crippen LogP contribution in [0.15, 0.2) is 65.3 Å². The highest BCUT2D eigenvalue weighted by Crippen LogP contribution is 2.34.